The highest BCUT2D eigenvalue weighted by atomic mass is 32.2. The van der Waals surface area contributed by atoms with Gasteiger partial charge in [0.2, 0.25) is 5.91 Å². The normalized spacial score (nSPS) is 13.7. The Kier molecular flexibility index (Phi) is 6.55. The molecule has 0 fully saturated rings. The summed E-state index contributed by atoms with van der Waals surface area (Å²) in [6.07, 6.45) is 0.870. The molecule has 0 spiro atoms. The Morgan fingerprint density at radius 3 is 2.50 bits per heavy atom. The van der Waals surface area contributed by atoms with E-state index < -0.39 is 0 Å². The second kappa shape index (κ2) is 7.10. The second-order valence-corrected chi connectivity index (χ2v) is 4.75. The second-order valence-electron chi connectivity index (χ2n) is 3.42. The fraction of sp³-hybridized carbons (Fsp3) is 0.667. The van der Waals surface area contributed by atoms with Crippen LogP contribution in [0, 0.1) is 5.41 Å². The van der Waals surface area contributed by atoms with Gasteiger partial charge in [-0.25, -0.2) is 0 Å². The molecule has 0 aromatic heterocycles. The number of hydrogen-bond acceptors (Lipinski definition) is 3. The number of nitrogens with one attached hydrogen (secondary N) is 2. The summed E-state index contributed by atoms with van der Waals surface area (Å²) < 4.78 is 0. The molecule has 0 bridgehead atoms. The third kappa shape index (κ3) is 6.28. The Morgan fingerprint density at radius 1 is 1.50 bits per heavy atom. The first-order chi connectivity index (χ1) is 7.36. The molecule has 92 valence electrons. The molecule has 7 heteroatoms. The average molecular weight is 245 g/mol. The topological polar surface area (TPSA) is 117 Å². The Labute approximate surface area is 99.8 Å². The van der Waals surface area contributed by atoms with Crippen molar-refractivity contribution in [2.75, 3.05) is 0 Å². The number of rotatable bonds is 4. The number of amidine groups is 1. The van der Waals surface area contributed by atoms with Crippen LogP contribution in [0.4, 0.5) is 0 Å². The predicted molar refractivity (Wildman–Crippen MR) is 68.5 cm³/mol. The molecule has 0 aliphatic heterocycles. The maximum atomic E-state index is 11.6. The summed E-state index contributed by atoms with van der Waals surface area (Å²) in [4.78, 5) is 15.1. The van der Waals surface area contributed by atoms with Crippen LogP contribution in [0.25, 0.3) is 0 Å². The molecule has 0 saturated heterocycles. The molecule has 0 rings (SSSR count). The van der Waals surface area contributed by atoms with Gasteiger partial charge in [-0.1, -0.05) is 18.7 Å². The van der Waals surface area contributed by atoms with Crippen molar-refractivity contribution in [2.45, 2.75) is 38.5 Å². The van der Waals surface area contributed by atoms with Crippen LogP contribution in [0.5, 0.6) is 0 Å². The molecule has 6 nitrogen and oxygen atoms in total. The van der Waals surface area contributed by atoms with E-state index in [0.717, 1.165) is 18.2 Å². The molecule has 6 N–H and O–H groups in total. The molecule has 0 radical (unpaired) electrons. The van der Waals surface area contributed by atoms with E-state index in [0.29, 0.717) is 0 Å². The van der Waals surface area contributed by atoms with Crippen molar-refractivity contribution in [3.8, 4) is 0 Å². The number of carbonyl (C=O) groups excluding carboxylic acids is 1. The highest BCUT2D eigenvalue weighted by Crippen LogP contribution is 2.12. The van der Waals surface area contributed by atoms with E-state index in [2.05, 4.69) is 10.3 Å². The number of aliphatic imine (C=N–C) groups is 1. The summed E-state index contributed by atoms with van der Waals surface area (Å²) >= 11 is 1.01. The highest BCUT2D eigenvalue weighted by Gasteiger charge is 2.16. The van der Waals surface area contributed by atoms with E-state index in [4.69, 9.17) is 16.9 Å². The van der Waals surface area contributed by atoms with E-state index in [1.165, 1.54) is 0 Å². The van der Waals surface area contributed by atoms with Crippen molar-refractivity contribution < 1.29 is 4.79 Å². The van der Waals surface area contributed by atoms with Crippen LogP contribution in [-0.2, 0) is 4.79 Å². The summed E-state index contributed by atoms with van der Waals surface area (Å²) in [5.41, 5.74) is 10.2. The van der Waals surface area contributed by atoms with Gasteiger partial charge in [-0.3, -0.25) is 10.2 Å². The van der Waals surface area contributed by atoms with E-state index in [-0.39, 0.29) is 28.3 Å². The molecule has 1 amide bonds. The van der Waals surface area contributed by atoms with Gasteiger partial charge in [-0.15, -0.1) is 0 Å². The van der Waals surface area contributed by atoms with Crippen LogP contribution >= 0.6 is 11.8 Å². The van der Waals surface area contributed by atoms with Gasteiger partial charge in [0.1, 0.15) is 0 Å². The molecular weight excluding hydrogens is 226 g/mol. The maximum absolute atomic E-state index is 11.6. The minimum atomic E-state index is -0.385. The van der Waals surface area contributed by atoms with Gasteiger partial charge in [0.05, 0.1) is 5.25 Å². The van der Waals surface area contributed by atoms with Gasteiger partial charge < -0.3 is 16.8 Å². The van der Waals surface area contributed by atoms with Crippen LogP contribution in [0.15, 0.2) is 4.99 Å². The summed E-state index contributed by atoms with van der Waals surface area (Å²) in [7, 11) is 0. The number of guanidine groups is 1. The van der Waals surface area contributed by atoms with Gasteiger partial charge in [0, 0.05) is 6.04 Å². The summed E-state index contributed by atoms with van der Waals surface area (Å²) in [6.45, 7) is 5.62. The van der Waals surface area contributed by atoms with Gasteiger partial charge in [-0.2, -0.15) is 4.99 Å². The standard InChI is InChI=1S/C9H19N5OS/c1-4-5(2)13-7(15)6(3)16-9(12)14-8(10)11/h5-6H,4H2,1-3H3,(H,13,15)(H5,10,11,12,14). The third-order valence-corrected chi connectivity index (χ3v) is 2.77. The lowest BCUT2D eigenvalue weighted by molar-refractivity contribution is -0.120. The molecule has 0 saturated carbocycles. The molecular formula is C9H19N5OS. The van der Waals surface area contributed by atoms with Crippen molar-refractivity contribution in [3.63, 3.8) is 0 Å². The summed E-state index contributed by atoms with van der Waals surface area (Å²) in [5, 5.41) is 9.78. The van der Waals surface area contributed by atoms with Crippen LogP contribution in [0.1, 0.15) is 27.2 Å². The SMILES string of the molecule is CCC(C)NC(=O)C(C)SC(=N)N=C(N)N. The van der Waals surface area contributed by atoms with E-state index in [1.807, 2.05) is 13.8 Å². The lowest BCUT2D eigenvalue weighted by Crippen LogP contribution is -2.37. The molecule has 0 aromatic rings. The first-order valence-electron chi connectivity index (χ1n) is 5.02. The first-order valence-corrected chi connectivity index (χ1v) is 5.90. The average Bonchev–Trinajstić information content (AvgIpc) is 2.15. The molecule has 0 heterocycles. The molecule has 2 unspecified atom stereocenters. The first kappa shape index (κ1) is 14.8. The molecule has 0 aromatic carbocycles. The predicted octanol–water partition coefficient (Wildman–Crippen LogP) is 0.231. The van der Waals surface area contributed by atoms with Crippen molar-refractivity contribution in [1.29, 1.82) is 5.41 Å². The van der Waals surface area contributed by atoms with Gasteiger partial charge >= 0.3 is 0 Å². The Bertz CT molecular complexity index is 288. The van der Waals surface area contributed by atoms with Gasteiger partial charge in [-0.05, 0) is 20.3 Å². The van der Waals surface area contributed by atoms with Crippen molar-refractivity contribution in [1.82, 2.24) is 5.32 Å². The van der Waals surface area contributed by atoms with Crippen LogP contribution in [0.2, 0.25) is 0 Å². The molecule has 0 aliphatic carbocycles. The van der Waals surface area contributed by atoms with E-state index in [1.54, 1.807) is 6.92 Å². The number of nitrogens with two attached hydrogens (primary N) is 2. The van der Waals surface area contributed by atoms with Crippen LogP contribution < -0.4 is 16.8 Å². The minimum absolute atomic E-state index is 0.0631. The summed E-state index contributed by atoms with van der Waals surface area (Å²) in [5.74, 6) is -0.290. The highest BCUT2D eigenvalue weighted by molar-refractivity contribution is 8.14. The van der Waals surface area contributed by atoms with Crippen LogP contribution in [-0.4, -0.2) is 28.3 Å². The van der Waals surface area contributed by atoms with Gasteiger partial charge in [0.15, 0.2) is 11.1 Å². The number of carbonyl (C=O) groups is 1. The fourth-order valence-corrected chi connectivity index (χ4v) is 1.49. The fourth-order valence-electron chi connectivity index (χ4n) is 0.827. The zero-order valence-electron chi connectivity index (χ0n) is 9.78. The quantitative estimate of drug-likeness (QED) is 0.419. The maximum Gasteiger partial charge on any atom is 0.233 e. The van der Waals surface area contributed by atoms with Crippen molar-refractivity contribution >= 4 is 28.8 Å². The zero-order chi connectivity index (χ0) is 12.7. The van der Waals surface area contributed by atoms with Crippen LogP contribution in [0.3, 0.4) is 0 Å². The largest absolute Gasteiger partial charge is 0.370 e. The smallest absolute Gasteiger partial charge is 0.233 e. The lowest BCUT2D eigenvalue weighted by atomic mass is 10.2. The van der Waals surface area contributed by atoms with Gasteiger partial charge in [0.25, 0.3) is 0 Å². The number of thioether (sulfide) groups is 1. The van der Waals surface area contributed by atoms with E-state index in [9.17, 15) is 4.79 Å². The Balaban J connectivity index is 4.15. The third-order valence-electron chi connectivity index (χ3n) is 1.89. The van der Waals surface area contributed by atoms with Crippen molar-refractivity contribution in [3.05, 3.63) is 0 Å². The monoisotopic (exact) mass is 245 g/mol. The molecule has 2 atom stereocenters. The van der Waals surface area contributed by atoms with E-state index >= 15 is 0 Å². The molecule has 0 aliphatic rings. The Morgan fingerprint density at radius 2 is 2.06 bits per heavy atom. The summed E-state index contributed by atoms with van der Waals surface area (Å²) in [6, 6.07) is 0.132. The Hall–Kier alpha value is -1.24. The lowest BCUT2D eigenvalue weighted by Gasteiger charge is -2.15. The van der Waals surface area contributed by atoms with Crippen molar-refractivity contribution in [2.24, 2.45) is 16.5 Å². The zero-order valence-corrected chi connectivity index (χ0v) is 10.6. The number of amides is 1. The molecule has 16 heavy (non-hydrogen) atoms. The number of nitrogens with zero attached hydrogens (tertiary/aromatic N) is 1. The number of hydrogen-bond donors (Lipinski definition) is 4. The minimum Gasteiger partial charge on any atom is -0.370 e.